The second-order valence-electron chi connectivity index (χ2n) is 4.85. The van der Waals surface area contributed by atoms with Crippen LogP contribution in [0.5, 0.6) is 0 Å². The minimum absolute atomic E-state index is 0.377. The molecular weight excluding hydrogens is 230 g/mol. The van der Waals surface area contributed by atoms with Crippen LogP contribution < -0.4 is 0 Å². The summed E-state index contributed by atoms with van der Waals surface area (Å²) in [7, 11) is 3.87. The van der Waals surface area contributed by atoms with Crippen LogP contribution in [0.2, 0.25) is 0 Å². The number of aromatic nitrogens is 2. The molecule has 0 bridgehead atoms. The van der Waals surface area contributed by atoms with E-state index in [1.807, 2.05) is 24.9 Å². The number of carbonyl (C=O) groups excluding carboxylic acids is 1. The Kier molecular flexibility index (Phi) is 4.31. The molecule has 0 N–H and O–H groups in total. The third kappa shape index (κ3) is 2.88. The molecule has 0 radical (unpaired) electrons. The Balaban J connectivity index is 2.23. The van der Waals surface area contributed by atoms with Crippen molar-refractivity contribution < 1.29 is 9.53 Å². The van der Waals surface area contributed by atoms with Gasteiger partial charge in [-0.1, -0.05) is 0 Å². The molecule has 0 saturated carbocycles. The minimum atomic E-state index is 0.377. The standard InChI is InChI=1S/C13H19N3O2/c1-15(2)8-11(9-17)13-7-14-10-16(13)12-3-5-18-6-4-12/h7,10,12H,3-6,8H2,1-2H3. The molecule has 1 fully saturated rings. The van der Waals surface area contributed by atoms with Gasteiger partial charge in [-0.25, -0.2) is 9.78 Å². The molecule has 5 heteroatoms. The summed E-state index contributed by atoms with van der Waals surface area (Å²) in [6, 6.07) is 0.377. The molecule has 0 spiro atoms. The predicted molar refractivity (Wildman–Crippen MR) is 69.0 cm³/mol. The molecule has 0 atom stereocenters. The second-order valence-corrected chi connectivity index (χ2v) is 4.85. The topological polar surface area (TPSA) is 47.4 Å². The molecule has 1 aromatic rings. The quantitative estimate of drug-likeness (QED) is 0.747. The Morgan fingerprint density at radius 3 is 2.89 bits per heavy atom. The molecule has 98 valence electrons. The van der Waals surface area contributed by atoms with Gasteiger partial charge in [-0.2, -0.15) is 0 Å². The summed E-state index contributed by atoms with van der Waals surface area (Å²) in [5, 5.41) is 0. The zero-order valence-corrected chi connectivity index (χ0v) is 10.9. The van der Waals surface area contributed by atoms with E-state index in [1.54, 1.807) is 12.5 Å². The van der Waals surface area contributed by atoms with E-state index < -0.39 is 0 Å². The fourth-order valence-corrected chi connectivity index (χ4v) is 2.27. The summed E-state index contributed by atoms with van der Waals surface area (Å²) >= 11 is 0. The number of imidazole rings is 1. The van der Waals surface area contributed by atoms with Gasteiger partial charge in [0, 0.05) is 25.8 Å². The van der Waals surface area contributed by atoms with Gasteiger partial charge in [0.1, 0.15) is 5.94 Å². The maximum Gasteiger partial charge on any atom is 0.131 e. The van der Waals surface area contributed by atoms with E-state index in [9.17, 15) is 4.79 Å². The lowest BCUT2D eigenvalue weighted by molar-refractivity contribution is 0.0693. The zero-order chi connectivity index (χ0) is 13.0. The van der Waals surface area contributed by atoms with E-state index in [0.29, 0.717) is 18.2 Å². The predicted octanol–water partition coefficient (Wildman–Crippen LogP) is 1.01. The normalized spacial score (nSPS) is 16.8. The average molecular weight is 249 g/mol. The first kappa shape index (κ1) is 13.0. The van der Waals surface area contributed by atoms with E-state index in [2.05, 4.69) is 9.55 Å². The molecule has 18 heavy (non-hydrogen) atoms. The third-order valence-electron chi connectivity index (χ3n) is 3.16. The molecular formula is C13H19N3O2. The van der Waals surface area contributed by atoms with E-state index in [1.165, 1.54) is 0 Å². The van der Waals surface area contributed by atoms with Crippen molar-refractivity contribution in [2.75, 3.05) is 33.9 Å². The van der Waals surface area contributed by atoms with Crippen molar-refractivity contribution in [1.29, 1.82) is 0 Å². The highest BCUT2D eigenvalue weighted by atomic mass is 16.5. The number of rotatable bonds is 4. The fourth-order valence-electron chi connectivity index (χ4n) is 2.27. The first-order valence-electron chi connectivity index (χ1n) is 6.21. The van der Waals surface area contributed by atoms with E-state index in [0.717, 1.165) is 31.7 Å². The van der Waals surface area contributed by atoms with Crippen LogP contribution in [0.1, 0.15) is 24.6 Å². The minimum Gasteiger partial charge on any atom is -0.381 e. The maximum atomic E-state index is 11.1. The average Bonchev–Trinajstić information content (AvgIpc) is 2.86. The van der Waals surface area contributed by atoms with Crippen molar-refractivity contribution in [3.8, 4) is 0 Å². The molecule has 1 saturated heterocycles. The number of hydrogen-bond donors (Lipinski definition) is 0. The largest absolute Gasteiger partial charge is 0.381 e. The van der Waals surface area contributed by atoms with Crippen LogP contribution in [-0.2, 0) is 9.53 Å². The molecule has 0 amide bonds. The highest BCUT2D eigenvalue weighted by molar-refractivity contribution is 5.87. The lowest BCUT2D eigenvalue weighted by Crippen LogP contribution is -2.22. The third-order valence-corrected chi connectivity index (χ3v) is 3.16. The van der Waals surface area contributed by atoms with Crippen LogP contribution in [0.15, 0.2) is 12.5 Å². The smallest absolute Gasteiger partial charge is 0.131 e. The fraction of sp³-hybridized carbons (Fsp3) is 0.615. The van der Waals surface area contributed by atoms with Crippen molar-refractivity contribution in [2.45, 2.75) is 18.9 Å². The summed E-state index contributed by atoms with van der Waals surface area (Å²) in [6.07, 6.45) is 5.49. The maximum absolute atomic E-state index is 11.1. The molecule has 1 aliphatic rings. The van der Waals surface area contributed by atoms with Crippen molar-refractivity contribution >= 4 is 11.5 Å². The molecule has 0 unspecified atom stereocenters. The Hall–Kier alpha value is -1.42. The Morgan fingerprint density at radius 2 is 2.28 bits per heavy atom. The van der Waals surface area contributed by atoms with Gasteiger partial charge in [-0.3, -0.25) is 0 Å². The van der Waals surface area contributed by atoms with E-state index in [-0.39, 0.29) is 0 Å². The SMILES string of the molecule is CN(C)CC(=C=O)c1cncn1C1CCOCC1. The second kappa shape index (κ2) is 5.96. The van der Waals surface area contributed by atoms with Crippen LogP contribution >= 0.6 is 0 Å². The van der Waals surface area contributed by atoms with Crippen LogP contribution in [0.25, 0.3) is 5.57 Å². The van der Waals surface area contributed by atoms with Gasteiger partial charge in [0.05, 0.1) is 23.8 Å². The summed E-state index contributed by atoms with van der Waals surface area (Å²) < 4.78 is 7.45. The van der Waals surface area contributed by atoms with Crippen LogP contribution in [0.4, 0.5) is 0 Å². The molecule has 2 heterocycles. The van der Waals surface area contributed by atoms with Crippen molar-refractivity contribution in [3.63, 3.8) is 0 Å². The van der Waals surface area contributed by atoms with Crippen LogP contribution in [-0.4, -0.2) is 54.2 Å². The first-order valence-corrected chi connectivity index (χ1v) is 6.21. The van der Waals surface area contributed by atoms with Crippen LogP contribution in [0, 0.1) is 0 Å². The number of nitrogens with zero attached hydrogens (tertiary/aromatic N) is 3. The highest BCUT2D eigenvalue weighted by Gasteiger charge is 2.20. The van der Waals surface area contributed by atoms with E-state index >= 15 is 0 Å². The number of hydrogen-bond acceptors (Lipinski definition) is 4. The van der Waals surface area contributed by atoms with Gasteiger partial charge in [0.2, 0.25) is 0 Å². The molecule has 1 aromatic heterocycles. The van der Waals surface area contributed by atoms with Crippen LogP contribution in [0.3, 0.4) is 0 Å². The van der Waals surface area contributed by atoms with E-state index in [4.69, 9.17) is 4.74 Å². The summed E-state index contributed by atoms with van der Waals surface area (Å²) in [5.74, 6) is 2.05. The Bertz CT molecular complexity index is 441. The molecule has 2 rings (SSSR count). The zero-order valence-electron chi connectivity index (χ0n) is 10.9. The van der Waals surface area contributed by atoms with Gasteiger partial charge >= 0.3 is 0 Å². The lowest BCUT2D eigenvalue weighted by Gasteiger charge is -2.25. The summed E-state index contributed by atoms with van der Waals surface area (Å²) in [5.41, 5.74) is 1.54. The lowest BCUT2D eigenvalue weighted by atomic mass is 10.1. The van der Waals surface area contributed by atoms with Gasteiger partial charge in [-0.15, -0.1) is 0 Å². The first-order chi connectivity index (χ1) is 8.72. The van der Waals surface area contributed by atoms with Gasteiger partial charge in [0.15, 0.2) is 0 Å². The molecule has 0 aliphatic carbocycles. The van der Waals surface area contributed by atoms with Gasteiger partial charge in [-0.05, 0) is 26.9 Å². The van der Waals surface area contributed by atoms with Gasteiger partial charge < -0.3 is 14.2 Å². The summed E-state index contributed by atoms with van der Waals surface area (Å²) in [4.78, 5) is 17.3. The van der Waals surface area contributed by atoms with Crippen molar-refractivity contribution in [2.24, 2.45) is 0 Å². The Morgan fingerprint density at radius 1 is 1.56 bits per heavy atom. The summed E-state index contributed by atoms with van der Waals surface area (Å²) in [6.45, 7) is 2.13. The monoisotopic (exact) mass is 249 g/mol. The molecule has 5 nitrogen and oxygen atoms in total. The highest BCUT2D eigenvalue weighted by Crippen LogP contribution is 2.25. The Labute approximate surface area is 107 Å². The van der Waals surface area contributed by atoms with Crippen molar-refractivity contribution in [3.05, 3.63) is 18.2 Å². The molecule has 1 aliphatic heterocycles. The number of likely N-dealkylation sites (N-methyl/N-ethyl adjacent to an activating group) is 1. The molecule has 0 aromatic carbocycles. The number of ether oxygens (including phenoxy) is 1. The van der Waals surface area contributed by atoms with Gasteiger partial charge in [0.25, 0.3) is 0 Å². The van der Waals surface area contributed by atoms with Crippen molar-refractivity contribution in [1.82, 2.24) is 14.5 Å².